The molecule has 1 fully saturated rings. The van der Waals surface area contributed by atoms with Crippen LogP contribution in [0.25, 0.3) is 0 Å². The minimum atomic E-state index is -0.613. The van der Waals surface area contributed by atoms with E-state index in [1.807, 2.05) is 60.7 Å². The average Bonchev–Trinajstić information content (AvgIpc) is 2.51. The van der Waals surface area contributed by atoms with Gasteiger partial charge in [0.2, 0.25) is 5.91 Å². The van der Waals surface area contributed by atoms with Gasteiger partial charge in [0.05, 0.1) is 12.1 Å². The molecule has 2 N–H and O–H groups in total. The summed E-state index contributed by atoms with van der Waals surface area (Å²) in [6.45, 7) is 0. The summed E-state index contributed by atoms with van der Waals surface area (Å²) in [6, 6.07) is 19.0. The Morgan fingerprint density at radius 1 is 0.900 bits per heavy atom. The third kappa shape index (κ3) is 2.45. The van der Waals surface area contributed by atoms with Crippen LogP contribution in [0.3, 0.4) is 0 Å². The van der Waals surface area contributed by atoms with Crippen molar-refractivity contribution in [1.29, 1.82) is 0 Å². The maximum atomic E-state index is 12.0. The van der Waals surface area contributed by atoms with Gasteiger partial charge in [-0.05, 0) is 11.1 Å². The van der Waals surface area contributed by atoms with Crippen LogP contribution in [0, 0.1) is 0 Å². The van der Waals surface area contributed by atoms with Crippen molar-refractivity contribution < 1.29 is 9.90 Å². The number of hydrogen-bond acceptors (Lipinski definition) is 2. The summed E-state index contributed by atoms with van der Waals surface area (Å²) in [5.74, 6) is -0.173. The lowest BCUT2D eigenvalue weighted by Gasteiger charge is -2.35. The Morgan fingerprint density at radius 3 is 2.05 bits per heavy atom. The maximum absolute atomic E-state index is 12.0. The van der Waals surface area contributed by atoms with Crippen molar-refractivity contribution in [3.63, 3.8) is 0 Å². The highest BCUT2D eigenvalue weighted by Gasteiger charge is 2.36. The van der Waals surface area contributed by atoms with Gasteiger partial charge in [-0.3, -0.25) is 4.79 Å². The topological polar surface area (TPSA) is 49.3 Å². The van der Waals surface area contributed by atoms with Gasteiger partial charge in [0.1, 0.15) is 0 Å². The molecule has 0 saturated carbocycles. The Balaban J connectivity index is 1.92. The second kappa shape index (κ2) is 5.47. The largest absolute Gasteiger partial charge is 0.390 e. The molecule has 1 aliphatic heterocycles. The van der Waals surface area contributed by atoms with Gasteiger partial charge < -0.3 is 10.4 Å². The number of benzene rings is 2. The normalized spacial score (nSPS) is 26.1. The Kier molecular flexibility index (Phi) is 3.52. The van der Waals surface area contributed by atoms with Gasteiger partial charge in [-0.25, -0.2) is 0 Å². The third-order valence-electron chi connectivity index (χ3n) is 3.86. The predicted molar refractivity (Wildman–Crippen MR) is 77.1 cm³/mol. The zero-order valence-corrected chi connectivity index (χ0v) is 11.1. The summed E-state index contributed by atoms with van der Waals surface area (Å²) in [6.07, 6.45) is -0.286. The molecule has 2 aromatic carbocycles. The van der Waals surface area contributed by atoms with Crippen LogP contribution in [0.5, 0.6) is 0 Å². The van der Waals surface area contributed by atoms with E-state index in [0.717, 1.165) is 11.1 Å². The Bertz CT molecular complexity index is 531. The molecule has 0 bridgehead atoms. The first-order chi connectivity index (χ1) is 9.75. The molecular formula is C17H17NO2. The summed E-state index contributed by atoms with van der Waals surface area (Å²) in [5.41, 5.74) is 1.95. The van der Waals surface area contributed by atoms with Crippen LogP contribution in [0.15, 0.2) is 60.7 Å². The van der Waals surface area contributed by atoms with E-state index < -0.39 is 6.10 Å². The van der Waals surface area contributed by atoms with E-state index in [1.54, 1.807) is 0 Å². The SMILES string of the molecule is O=C1CC(c2ccccc2)C(O)C(c2ccccc2)N1. The van der Waals surface area contributed by atoms with Crippen molar-refractivity contribution in [2.75, 3.05) is 0 Å². The molecule has 2 aromatic rings. The monoisotopic (exact) mass is 267 g/mol. The number of carbonyl (C=O) groups excluding carboxylic acids is 1. The summed E-state index contributed by atoms with van der Waals surface area (Å²) >= 11 is 0. The van der Waals surface area contributed by atoms with E-state index in [-0.39, 0.29) is 17.9 Å². The zero-order valence-electron chi connectivity index (χ0n) is 11.1. The number of nitrogens with one attached hydrogen (secondary N) is 1. The molecule has 3 atom stereocenters. The number of aliphatic hydroxyl groups excluding tert-OH is 1. The summed E-state index contributed by atoms with van der Waals surface area (Å²) < 4.78 is 0. The maximum Gasteiger partial charge on any atom is 0.221 e. The smallest absolute Gasteiger partial charge is 0.221 e. The van der Waals surface area contributed by atoms with E-state index in [0.29, 0.717) is 6.42 Å². The molecular weight excluding hydrogens is 250 g/mol. The van der Waals surface area contributed by atoms with Crippen LogP contribution < -0.4 is 5.32 Å². The minimum Gasteiger partial charge on any atom is -0.390 e. The lowest BCUT2D eigenvalue weighted by atomic mass is 9.81. The van der Waals surface area contributed by atoms with Gasteiger partial charge in [0.15, 0.2) is 0 Å². The molecule has 1 saturated heterocycles. The molecule has 3 nitrogen and oxygen atoms in total. The predicted octanol–water partition coefficient (Wildman–Crippen LogP) is 2.39. The molecule has 3 rings (SSSR count). The van der Waals surface area contributed by atoms with Gasteiger partial charge >= 0.3 is 0 Å². The first-order valence-electron chi connectivity index (χ1n) is 6.83. The fourth-order valence-corrected chi connectivity index (χ4v) is 2.83. The number of rotatable bonds is 2. The fraction of sp³-hybridized carbons (Fsp3) is 0.235. The highest BCUT2D eigenvalue weighted by atomic mass is 16.3. The highest BCUT2D eigenvalue weighted by Crippen LogP contribution is 2.34. The quantitative estimate of drug-likeness (QED) is 0.877. The van der Waals surface area contributed by atoms with Crippen molar-refractivity contribution in [3.8, 4) is 0 Å². The molecule has 1 aliphatic rings. The van der Waals surface area contributed by atoms with E-state index in [4.69, 9.17) is 0 Å². The third-order valence-corrected chi connectivity index (χ3v) is 3.86. The summed E-state index contributed by atoms with van der Waals surface area (Å²) in [5, 5.41) is 13.5. The number of aliphatic hydroxyl groups is 1. The molecule has 0 aromatic heterocycles. The van der Waals surface area contributed by atoms with Crippen molar-refractivity contribution in [3.05, 3.63) is 71.8 Å². The first-order valence-corrected chi connectivity index (χ1v) is 6.83. The molecule has 3 heteroatoms. The average molecular weight is 267 g/mol. The van der Waals surface area contributed by atoms with E-state index in [2.05, 4.69) is 5.32 Å². The lowest BCUT2D eigenvalue weighted by molar-refractivity contribution is -0.127. The molecule has 3 unspecified atom stereocenters. The van der Waals surface area contributed by atoms with Crippen LogP contribution in [-0.4, -0.2) is 17.1 Å². The van der Waals surface area contributed by atoms with E-state index in [1.165, 1.54) is 0 Å². The van der Waals surface area contributed by atoms with E-state index in [9.17, 15) is 9.90 Å². The van der Waals surface area contributed by atoms with Crippen LogP contribution in [0.1, 0.15) is 29.5 Å². The molecule has 1 heterocycles. The van der Waals surface area contributed by atoms with Gasteiger partial charge in [-0.1, -0.05) is 60.7 Å². The van der Waals surface area contributed by atoms with Crippen LogP contribution in [0.4, 0.5) is 0 Å². The second-order valence-electron chi connectivity index (χ2n) is 5.17. The second-order valence-corrected chi connectivity index (χ2v) is 5.17. The highest BCUT2D eigenvalue weighted by molar-refractivity contribution is 5.79. The summed E-state index contributed by atoms with van der Waals surface area (Å²) in [4.78, 5) is 12.0. The van der Waals surface area contributed by atoms with Crippen LogP contribution >= 0.6 is 0 Å². The van der Waals surface area contributed by atoms with Crippen molar-refractivity contribution in [2.45, 2.75) is 24.5 Å². The van der Waals surface area contributed by atoms with Crippen molar-refractivity contribution in [1.82, 2.24) is 5.32 Å². The Morgan fingerprint density at radius 2 is 1.45 bits per heavy atom. The minimum absolute atomic E-state index is 0.0157. The van der Waals surface area contributed by atoms with Crippen LogP contribution in [0.2, 0.25) is 0 Å². The zero-order chi connectivity index (χ0) is 13.9. The van der Waals surface area contributed by atoms with Crippen molar-refractivity contribution in [2.24, 2.45) is 0 Å². The standard InChI is InChI=1S/C17H17NO2/c19-15-11-14(12-7-3-1-4-8-12)17(20)16(18-15)13-9-5-2-6-10-13/h1-10,14,16-17,20H,11H2,(H,18,19). The Labute approximate surface area is 118 Å². The van der Waals surface area contributed by atoms with E-state index >= 15 is 0 Å². The van der Waals surface area contributed by atoms with Crippen LogP contribution in [-0.2, 0) is 4.79 Å². The summed E-state index contributed by atoms with van der Waals surface area (Å²) in [7, 11) is 0. The Hall–Kier alpha value is -2.13. The molecule has 0 aliphatic carbocycles. The molecule has 102 valence electrons. The number of carbonyl (C=O) groups is 1. The molecule has 1 amide bonds. The number of hydrogen-bond donors (Lipinski definition) is 2. The number of piperidine rings is 1. The van der Waals surface area contributed by atoms with Gasteiger partial charge in [-0.2, -0.15) is 0 Å². The van der Waals surface area contributed by atoms with Gasteiger partial charge in [-0.15, -0.1) is 0 Å². The molecule has 0 spiro atoms. The molecule has 20 heavy (non-hydrogen) atoms. The van der Waals surface area contributed by atoms with Crippen molar-refractivity contribution >= 4 is 5.91 Å². The van der Waals surface area contributed by atoms with Gasteiger partial charge in [0.25, 0.3) is 0 Å². The number of amides is 1. The van der Waals surface area contributed by atoms with Gasteiger partial charge in [0, 0.05) is 12.3 Å². The first kappa shape index (κ1) is 12.9. The fourth-order valence-electron chi connectivity index (χ4n) is 2.83. The molecule has 0 radical (unpaired) electrons. The lowest BCUT2D eigenvalue weighted by Crippen LogP contribution is -2.45.